The zero-order valence-electron chi connectivity index (χ0n) is 13.3. The fourth-order valence-corrected chi connectivity index (χ4v) is 2.62. The van der Waals surface area contributed by atoms with Gasteiger partial charge in [0.15, 0.2) is 11.5 Å². The molecule has 6 heteroatoms. The molecular formula is C16H23NO4S. The van der Waals surface area contributed by atoms with E-state index in [2.05, 4.69) is 11.9 Å². The van der Waals surface area contributed by atoms with E-state index in [0.717, 1.165) is 5.56 Å². The monoisotopic (exact) mass is 325 g/mol. The standard InChI is InChI=1S/C16H23NO4S/c1-5-7-12-10-13(11-14(20-3)15(12)21-4)16(18)17-8-9-22(19)6-2/h5,10-11H,1,6-9H2,2-4H3,(H,17,18)/t22-/m0/s1. The zero-order chi connectivity index (χ0) is 16.5. The molecule has 0 heterocycles. The third-order valence-corrected chi connectivity index (χ3v) is 4.42. The minimum absolute atomic E-state index is 0.223. The van der Waals surface area contributed by atoms with Crippen LogP contribution < -0.4 is 14.8 Å². The molecule has 1 aromatic carbocycles. The lowest BCUT2D eigenvalue weighted by molar-refractivity contribution is 0.0955. The van der Waals surface area contributed by atoms with Gasteiger partial charge in [0.05, 0.1) is 14.2 Å². The summed E-state index contributed by atoms with van der Waals surface area (Å²) in [5.74, 6) is 1.93. The Morgan fingerprint density at radius 2 is 2.09 bits per heavy atom. The second kappa shape index (κ2) is 9.25. The summed E-state index contributed by atoms with van der Waals surface area (Å²) in [6.07, 6.45) is 2.31. The van der Waals surface area contributed by atoms with E-state index in [1.807, 2.05) is 6.92 Å². The van der Waals surface area contributed by atoms with E-state index in [0.29, 0.717) is 41.5 Å². The fraction of sp³-hybridized carbons (Fsp3) is 0.438. The van der Waals surface area contributed by atoms with Crippen LogP contribution in [0, 0.1) is 0 Å². The predicted octanol–water partition coefficient (Wildman–Crippen LogP) is 1.93. The van der Waals surface area contributed by atoms with Crippen molar-refractivity contribution in [3.8, 4) is 11.5 Å². The van der Waals surface area contributed by atoms with Crippen LogP contribution in [0.25, 0.3) is 0 Å². The van der Waals surface area contributed by atoms with Gasteiger partial charge in [-0.15, -0.1) is 6.58 Å². The average Bonchev–Trinajstić information content (AvgIpc) is 2.53. The van der Waals surface area contributed by atoms with Crippen molar-refractivity contribution >= 4 is 16.7 Å². The van der Waals surface area contributed by atoms with Crippen LogP contribution in [0.4, 0.5) is 0 Å². The molecule has 1 amide bonds. The first kappa shape index (κ1) is 18.2. The number of nitrogens with one attached hydrogen (secondary N) is 1. The SMILES string of the molecule is C=CCc1cc(C(=O)NCC[S@@](=O)CC)cc(OC)c1OC. The Morgan fingerprint density at radius 3 is 2.64 bits per heavy atom. The van der Waals surface area contributed by atoms with Crippen molar-refractivity contribution in [2.24, 2.45) is 0 Å². The summed E-state index contributed by atoms with van der Waals surface area (Å²) in [7, 11) is 2.20. The van der Waals surface area contributed by atoms with Gasteiger partial charge in [0.25, 0.3) is 5.91 Å². The van der Waals surface area contributed by atoms with E-state index < -0.39 is 10.8 Å². The molecule has 122 valence electrons. The van der Waals surface area contributed by atoms with Crippen molar-refractivity contribution in [2.75, 3.05) is 32.3 Å². The van der Waals surface area contributed by atoms with Gasteiger partial charge in [0.1, 0.15) is 0 Å². The van der Waals surface area contributed by atoms with Crippen molar-refractivity contribution < 1.29 is 18.5 Å². The topological polar surface area (TPSA) is 64.6 Å². The molecular weight excluding hydrogens is 302 g/mol. The van der Waals surface area contributed by atoms with E-state index in [9.17, 15) is 9.00 Å². The highest BCUT2D eigenvalue weighted by Gasteiger charge is 2.15. The molecule has 0 fully saturated rings. The maximum atomic E-state index is 12.2. The lowest BCUT2D eigenvalue weighted by atomic mass is 10.0. The first-order valence-electron chi connectivity index (χ1n) is 7.06. The quantitative estimate of drug-likeness (QED) is 0.705. The third-order valence-electron chi connectivity index (χ3n) is 3.12. The highest BCUT2D eigenvalue weighted by Crippen LogP contribution is 2.33. The minimum Gasteiger partial charge on any atom is -0.493 e. The largest absolute Gasteiger partial charge is 0.493 e. The summed E-state index contributed by atoms with van der Waals surface area (Å²) < 4.78 is 22.0. The summed E-state index contributed by atoms with van der Waals surface area (Å²) >= 11 is 0. The first-order chi connectivity index (χ1) is 10.6. The lowest BCUT2D eigenvalue weighted by Gasteiger charge is -2.14. The summed E-state index contributed by atoms with van der Waals surface area (Å²) in [6.45, 7) is 5.94. The number of benzene rings is 1. The maximum Gasteiger partial charge on any atom is 0.251 e. The first-order valence-corrected chi connectivity index (χ1v) is 8.55. The second-order valence-corrected chi connectivity index (χ2v) is 6.42. The summed E-state index contributed by atoms with van der Waals surface area (Å²) in [6, 6.07) is 3.40. The van der Waals surface area contributed by atoms with Crippen molar-refractivity contribution in [1.29, 1.82) is 0 Å². The van der Waals surface area contributed by atoms with E-state index in [4.69, 9.17) is 9.47 Å². The Morgan fingerprint density at radius 1 is 1.36 bits per heavy atom. The van der Waals surface area contributed by atoms with Crippen LogP contribution in [0.1, 0.15) is 22.8 Å². The Bertz CT molecular complexity index is 557. The molecule has 5 nitrogen and oxygen atoms in total. The summed E-state index contributed by atoms with van der Waals surface area (Å²) in [4.78, 5) is 12.2. The third kappa shape index (κ3) is 4.87. The van der Waals surface area contributed by atoms with Gasteiger partial charge in [-0.05, 0) is 18.6 Å². The number of allylic oxidation sites excluding steroid dienone is 1. The molecule has 1 aromatic rings. The number of rotatable bonds is 9. The Hall–Kier alpha value is -1.82. The van der Waals surface area contributed by atoms with Gasteiger partial charge in [-0.2, -0.15) is 0 Å². The summed E-state index contributed by atoms with van der Waals surface area (Å²) in [5.41, 5.74) is 1.32. The number of carbonyl (C=O) groups excluding carboxylic acids is 1. The van der Waals surface area contributed by atoms with Gasteiger partial charge in [-0.25, -0.2) is 0 Å². The number of carbonyl (C=O) groups is 1. The van der Waals surface area contributed by atoms with Crippen LogP contribution in [-0.4, -0.2) is 42.4 Å². The van der Waals surface area contributed by atoms with Gasteiger partial charge in [-0.3, -0.25) is 9.00 Å². The normalized spacial score (nSPS) is 11.6. The molecule has 0 aromatic heterocycles. The van der Waals surface area contributed by atoms with Gasteiger partial charge in [-0.1, -0.05) is 13.0 Å². The molecule has 0 saturated heterocycles. The number of hydrogen-bond donors (Lipinski definition) is 1. The van der Waals surface area contributed by atoms with Crippen molar-refractivity contribution in [3.05, 3.63) is 35.9 Å². The number of ether oxygens (including phenoxy) is 2. The Labute approximate surface area is 134 Å². The van der Waals surface area contributed by atoms with Crippen molar-refractivity contribution in [2.45, 2.75) is 13.3 Å². The van der Waals surface area contributed by atoms with Crippen molar-refractivity contribution in [3.63, 3.8) is 0 Å². The Kier molecular flexibility index (Phi) is 7.66. The minimum atomic E-state index is -0.891. The average molecular weight is 325 g/mol. The van der Waals surface area contributed by atoms with Crippen LogP contribution in [0.5, 0.6) is 11.5 Å². The number of hydrogen-bond acceptors (Lipinski definition) is 4. The molecule has 0 aliphatic rings. The fourth-order valence-electron chi connectivity index (χ4n) is 2.01. The van der Waals surface area contributed by atoms with E-state index in [1.165, 1.54) is 7.11 Å². The number of methoxy groups -OCH3 is 2. The maximum absolute atomic E-state index is 12.2. The molecule has 0 saturated carbocycles. The van der Waals surface area contributed by atoms with Gasteiger partial charge in [0, 0.05) is 40.0 Å². The zero-order valence-corrected chi connectivity index (χ0v) is 14.1. The molecule has 0 aliphatic heterocycles. The van der Waals surface area contributed by atoms with Gasteiger partial charge >= 0.3 is 0 Å². The number of amides is 1. The summed E-state index contributed by atoms with van der Waals surface area (Å²) in [5, 5.41) is 2.77. The molecule has 0 spiro atoms. The molecule has 1 N–H and O–H groups in total. The predicted molar refractivity (Wildman–Crippen MR) is 89.3 cm³/mol. The van der Waals surface area contributed by atoms with E-state index in [-0.39, 0.29) is 5.91 Å². The van der Waals surface area contributed by atoms with Crippen LogP contribution in [0.15, 0.2) is 24.8 Å². The van der Waals surface area contributed by atoms with E-state index >= 15 is 0 Å². The molecule has 1 atom stereocenters. The second-order valence-electron chi connectivity index (χ2n) is 4.55. The van der Waals surface area contributed by atoms with Crippen molar-refractivity contribution in [1.82, 2.24) is 5.32 Å². The highest BCUT2D eigenvalue weighted by atomic mass is 32.2. The van der Waals surface area contributed by atoms with Gasteiger partial charge in [0.2, 0.25) is 0 Å². The molecule has 0 aliphatic carbocycles. The molecule has 22 heavy (non-hydrogen) atoms. The molecule has 0 radical (unpaired) electrons. The van der Waals surface area contributed by atoms with Crippen LogP contribution >= 0.6 is 0 Å². The van der Waals surface area contributed by atoms with E-state index in [1.54, 1.807) is 25.3 Å². The smallest absolute Gasteiger partial charge is 0.251 e. The molecule has 1 rings (SSSR count). The van der Waals surface area contributed by atoms with Gasteiger partial charge < -0.3 is 14.8 Å². The van der Waals surface area contributed by atoms with Crippen LogP contribution in [-0.2, 0) is 17.2 Å². The molecule has 0 unspecified atom stereocenters. The van der Waals surface area contributed by atoms with Crippen LogP contribution in [0.3, 0.4) is 0 Å². The lowest BCUT2D eigenvalue weighted by Crippen LogP contribution is -2.28. The Balaban J connectivity index is 2.93. The van der Waals surface area contributed by atoms with Crippen LogP contribution in [0.2, 0.25) is 0 Å². The molecule has 0 bridgehead atoms. The highest BCUT2D eigenvalue weighted by molar-refractivity contribution is 7.84.